The van der Waals surface area contributed by atoms with Crippen LogP contribution in [0.5, 0.6) is 0 Å². The number of aryl methyl sites for hydroxylation is 1. The van der Waals surface area contributed by atoms with E-state index in [1.54, 1.807) is 18.7 Å². The van der Waals surface area contributed by atoms with Crippen LogP contribution in [0.15, 0.2) is 23.2 Å². The van der Waals surface area contributed by atoms with Gasteiger partial charge in [-0.3, -0.25) is 4.79 Å². The van der Waals surface area contributed by atoms with Crippen molar-refractivity contribution in [1.82, 2.24) is 4.98 Å². The number of aromatic nitrogens is 1. The molecule has 0 atom stereocenters. The van der Waals surface area contributed by atoms with Gasteiger partial charge in [0.1, 0.15) is 0 Å². The van der Waals surface area contributed by atoms with E-state index in [9.17, 15) is 4.79 Å². The normalized spacial score (nSPS) is 10.9. The summed E-state index contributed by atoms with van der Waals surface area (Å²) in [4.78, 5) is 15.1. The first-order chi connectivity index (χ1) is 7.65. The highest BCUT2D eigenvalue weighted by Gasteiger charge is 2.15. The van der Waals surface area contributed by atoms with Crippen molar-refractivity contribution in [1.29, 1.82) is 0 Å². The Balaban J connectivity index is 2.75. The van der Waals surface area contributed by atoms with E-state index in [-0.39, 0.29) is 5.78 Å². The minimum Gasteiger partial charge on any atom is -0.349 e. The Labute approximate surface area is 99.4 Å². The number of carbonyl (C=O) groups excluding carboxylic acids is 1. The van der Waals surface area contributed by atoms with Gasteiger partial charge in [0, 0.05) is 10.9 Å². The van der Waals surface area contributed by atoms with Gasteiger partial charge >= 0.3 is 0 Å². The molecule has 0 spiro atoms. The molecule has 3 heteroatoms. The van der Waals surface area contributed by atoms with Crippen LogP contribution in [0.3, 0.4) is 0 Å². The Hall–Kier alpha value is -1.22. The van der Waals surface area contributed by atoms with Crippen LogP contribution in [-0.2, 0) is 0 Å². The maximum absolute atomic E-state index is 11.7. The van der Waals surface area contributed by atoms with Crippen molar-refractivity contribution in [2.45, 2.75) is 25.8 Å². The summed E-state index contributed by atoms with van der Waals surface area (Å²) in [5, 5.41) is 2.04. The zero-order valence-electron chi connectivity index (χ0n) is 9.76. The number of hydrogen-bond acceptors (Lipinski definition) is 2. The molecule has 1 aromatic carbocycles. The average molecular weight is 233 g/mol. The molecule has 1 aromatic heterocycles. The number of benzene rings is 1. The van der Waals surface area contributed by atoms with Crippen LogP contribution in [0.2, 0.25) is 0 Å². The van der Waals surface area contributed by atoms with Gasteiger partial charge in [-0.05, 0) is 25.2 Å². The summed E-state index contributed by atoms with van der Waals surface area (Å²) in [7, 11) is 0. The van der Waals surface area contributed by atoms with E-state index in [0.29, 0.717) is 0 Å². The van der Waals surface area contributed by atoms with Crippen LogP contribution in [0, 0.1) is 6.92 Å². The highest BCUT2D eigenvalue weighted by molar-refractivity contribution is 7.99. The minimum atomic E-state index is 0.132. The van der Waals surface area contributed by atoms with Gasteiger partial charge in [0.05, 0.1) is 10.6 Å². The number of carbonyl (C=O) groups is 1. The summed E-state index contributed by atoms with van der Waals surface area (Å²) in [5.74, 6) is 1.10. The number of nitrogens with one attached hydrogen (secondary N) is 1. The number of Topliss-reactive ketones (excluding diaryl/α,β-unsaturated/α-hetero) is 1. The Morgan fingerprint density at radius 1 is 1.44 bits per heavy atom. The molecular weight excluding hydrogens is 218 g/mol. The standard InChI is InChI=1S/C13H15NOS/c1-4-16-13-11(9(3)15)10-7-5-6-8(2)12(10)14-13/h5-7,14H,4H2,1-3H3. The second-order valence-electron chi connectivity index (χ2n) is 3.82. The third kappa shape index (κ3) is 1.76. The zero-order valence-corrected chi connectivity index (χ0v) is 10.6. The Morgan fingerprint density at radius 2 is 2.19 bits per heavy atom. The van der Waals surface area contributed by atoms with Crippen LogP contribution in [0.1, 0.15) is 29.8 Å². The number of fused-ring (bicyclic) bond motifs is 1. The van der Waals surface area contributed by atoms with E-state index >= 15 is 0 Å². The number of para-hydroxylation sites is 1. The van der Waals surface area contributed by atoms with Crippen LogP contribution in [-0.4, -0.2) is 16.5 Å². The summed E-state index contributed by atoms with van der Waals surface area (Å²) < 4.78 is 0. The maximum Gasteiger partial charge on any atom is 0.163 e. The molecule has 0 saturated carbocycles. The summed E-state index contributed by atoms with van der Waals surface area (Å²) >= 11 is 1.69. The molecule has 2 aromatic rings. The van der Waals surface area contributed by atoms with Gasteiger partial charge in [0.2, 0.25) is 0 Å². The SMILES string of the molecule is CCSc1[nH]c2c(C)cccc2c1C(C)=O. The molecular formula is C13H15NOS. The lowest BCUT2D eigenvalue weighted by atomic mass is 10.1. The molecule has 2 nitrogen and oxygen atoms in total. The number of thioether (sulfide) groups is 1. The lowest BCUT2D eigenvalue weighted by Crippen LogP contribution is -1.92. The summed E-state index contributed by atoms with van der Waals surface area (Å²) in [6.45, 7) is 5.78. The monoisotopic (exact) mass is 233 g/mol. The smallest absolute Gasteiger partial charge is 0.163 e. The van der Waals surface area contributed by atoms with E-state index in [2.05, 4.69) is 24.9 Å². The summed E-state index contributed by atoms with van der Waals surface area (Å²) in [5.41, 5.74) is 3.11. The zero-order chi connectivity index (χ0) is 11.7. The molecule has 1 heterocycles. The Bertz CT molecular complexity index is 542. The van der Waals surface area contributed by atoms with E-state index in [4.69, 9.17) is 0 Å². The first-order valence-corrected chi connectivity index (χ1v) is 6.38. The minimum absolute atomic E-state index is 0.132. The van der Waals surface area contributed by atoms with Gasteiger partial charge in [-0.2, -0.15) is 0 Å². The van der Waals surface area contributed by atoms with E-state index in [0.717, 1.165) is 27.2 Å². The molecule has 0 aliphatic rings. The fourth-order valence-corrected chi connectivity index (χ4v) is 2.80. The van der Waals surface area contributed by atoms with Gasteiger partial charge in [-0.25, -0.2) is 0 Å². The quantitative estimate of drug-likeness (QED) is 0.646. The lowest BCUT2D eigenvalue weighted by molar-refractivity contribution is 0.101. The highest BCUT2D eigenvalue weighted by Crippen LogP contribution is 2.31. The third-order valence-corrected chi connectivity index (χ3v) is 3.53. The van der Waals surface area contributed by atoms with Gasteiger partial charge in [0.25, 0.3) is 0 Å². The molecule has 1 N–H and O–H groups in total. The van der Waals surface area contributed by atoms with Crippen molar-refractivity contribution in [3.8, 4) is 0 Å². The van der Waals surface area contributed by atoms with Crippen LogP contribution in [0.4, 0.5) is 0 Å². The fourth-order valence-electron chi connectivity index (χ4n) is 1.94. The van der Waals surface area contributed by atoms with Crippen molar-refractivity contribution in [2.24, 2.45) is 0 Å². The van der Waals surface area contributed by atoms with Crippen molar-refractivity contribution >= 4 is 28.4 Å². The fraction of sp³-hybridized carbons (Fsp3) is 0.308. The number of ketones is 1. The summed E-state index contributed by atoms with van der Waals surface area (Å²) in [6.07, 6.45) is 0. The van der Waals surface area contributed by atoms with Crippen LogP contribution in [0.25, 0.3) is 10.9 Å². The van der Waals surface area contributed by atoms with Gasteiger partial charge in [-0.15, -0.1) is 11.8 Å². The first-order valence-electron chi connectivity index (χ1n) is 5.40. The van der Waals surface area contributed by atoms with Gasteiger partial charge in [0.15, 0.2) is 5.78 Å². The average Bonchev–Trinajstić information content (AvgIpc) is 2.58. The predicted molar refractivity (Wildman–Crippen MR) is 69.4 cm³/mol. The van der Waals surface area contributed by atoms with Crippen molar-refractivity contribution in [3.05, 3.63) is 29.3 Å². The molecule has 84 valence electrons. The molecule has 0 saturated heterocycles. The number of H-pyrrole nitrogens is 1. The van der Waals surface area contributed by atoms with Crippen molar-refractivity contribution in [2.75, 3.05) is 5.75 Å². The largest absolute Gasteiger partial charge is 0.349 e. The molecule has 2 rings (SSSR count). The second kappa shape index (κ2) is 4.34. The van der Waals surface area contributed by atoms with E-state index in [1.807, 2.05) is 12.1 Å². The molecule has 0 amide bonds. The molecule has 16 heavy (non-hydrogen) atoms. The molecule has 0 aliphatic carbocycles. The van der Waals surface area contributed by atoms with E-state index in [1.165, 1.54) is 5.56 Å². The number of aromatic amines is 1. The Morgan fingerprint density at radius 3 is 2.81 bits per heavy atom. The third-order valence-electron chi connectivity index (χ3n) is 2.65. The lowest BCUT2D eigenvalue weighted by Gasteiger charge is -1.97. The van der Waals surface area contributed by atoms with Gasteiger partial charge < -0.3 is 4.98 Å². The maximum atomic E-state index is 11.7. The predicted octanol–water partition coefficient (Wildman–Crippen LogP) is 3.79. The molecule has 0 unspecified atom stereocenters. The number of hydrogen-bond donors (Lipinski definition) is 1. The van der Waals surface area contributed by atoms with Crippen molar-refractivity contribution in [3.63, 3.8) is 0 Å². The van der Waals surface area contributed by atoms with Crippen LogP contribution < -0.4 is 0 Å². The number of rotatable bonds is 3. The Kier molecular flexibility index (Phi) is 3.06. The summed E-state index contributed by atoms with van der Waals surface area (Å²) in [6, 6.07) is 6.07. The molecule has 0 bridgehead atoms. The molecule has 0 aliphatic heterocycles. The second-order valence-corrected chi connectivity index (χ2v) is 5.09. The topological polar surface area (TPSA) is 32.9 Å². The first kappa shape index (κ1) is 11.3. The van der Waals surface area contributed by atoms with Crippen molar-refractivity contribution < 1.29 is 4.79 Å². The molecule has 0 fully saturated rings. The van der Waals surface area contributed by atoms with E-state index < -0.39 is 0 Å². The van der Waals surface area contributed by atoms with Crippen LogP contribution >= 0.6 is 11.8 Å². The van der Waals surface area contributed by atoms with Gasteiger partial charge in [-0.1, -0.05) is 25.1 Å². The molecule has 0 radical (unpaired) electrons. The highest BCUT2D eigenvalue weighted by atomic mass is 32.2.